The van der Waals surface area contributed by atoms with Crippen LogP contribution in [0.1, 0.15) is 38.6 Å². The Labute approximate surface area is 177 Å². The van der Waals surface area contributed by atoms with E-state index in [0.717, 1.165) is 23.5 Å². The smallest absolute Gasteiger partial charge is 0.258 e. The van der Waals surface area contributed by atoms with Crippen LogP contribution >= 0.6 is 0 Å². The molecule has 1 amide bonds. The van der Waals surface area contributed by atoms with Crippen LogP contribution in [0.4, 0.5) is 0 Å². The molecule has 0 aliphatic carbocycles. The van der Waals surface area contributed by atoms with Crippen molar-refractivity contribution in [2.75, 3.05) is 27.6 Å². The Morgan fingerprint density at radius 3 is 2.43 bits per heavy atom. The molecule has 158 valence electrons. The van der Waals surface area contributed by atoms with E-state index in [9.17, 15) is 4.79 Å². The number of benzene rings is 2. The summed E-state index contributed by atoms with van der Waals surface area (Å²) in [6.45, 7) is 8.05. The molecule has 2 unspecified atom stereocenters. The SMILES string of the molecule is COc1ccc2c(c1OC)C(=O)N1CCc3cc4c(cc3C([Si](C)(C)C)C21)OCO4. The molecule has 0 saturated carbocycles. The van der Waals surface area contributed by atoms with Crippen LogP contribution in [0, 0.1) is 0 Å². The van der Waals surface area contributed by atoms with Crippen molar-refractivity contribution >= 4 is 14.0 Å². The molecular formula is C23H27NO5Si. The van der Waals surface area contributed by atoms with Gasteiger partial charge < -0.3 is 23.8 Å². The lowest BCUT2D eigenvalue weighted by atomic mass is 9.94. The van der Waals surface area contributed by atoms with Crippen LogP contribution in [0.3, 0.4) is 0 Å². The molecule has 2 aromatic rings. The third-order valence-electron chi connectivity index (χ3n) is 6.55. The van der Waals surface area contributed by atoms with Crippen LogP contribution in [0.25, 0.3) is 0 Å². The molecule has 2 aromatic carbocycles. The highest BCUT2D eigenvalue weighted by atomic mass is 28.3. The first-order valence-corrected chi connectivity index (χ1v) is 13.9. The number of hydrogen-bond acceptors (Lipinski definition) is 5. The van der Waals surface area contributed by atoms with Gasteiger partial charge in [0.15, 0.2) is 23.0 Å². The second-order valence-electron chi connectivity index (χ2n) is 9.21. The van der Waals surface area contributed by atoms with Crippen LogP contribution in [0.15, 0.2) is 24.3 Å². The van der Waals surface area contributed by atoms with E-state index in [4.69, 9.17) is 18.9 Å². The zero-order valence-electron chi connectivity index (χ0n) is 18.1. The quantitative estimate of drug-likeness (QED) is 0.692. The first-order valence-electron chi connectivity index (χ1n) is 10.3. The van der Waals surface area contributed by atoms with Gasteiger partial charge >= 0.3 is 0 Å². The van der Waals surface area contributed by atoms with Crippen molar-refractivity contribution in [1.29, 1.82) is 0 Å². The summed E-state index contributed by atoms with van der Waals surface area (Å²) in [5, 5.41) is 0. The van der Waals surface area contributed by atoms with Gasteiger partial charge in [0.05, 0.1) is 33.9 Å². The summed E-state index contributed by atoms with van der Waals surface area (Å²) in [7, 11) is 1.43. The minimum absolute atomic E-state index is 0.0133. The zero-order chi connectivity index (χ0) is 21.2. The number of carbonyl (C=O) groups excluding carboxylic acids is 1. The molecule has 0 fully saturated rings. The summed E-state index contributed by atoms with van der Waals surface area (Å²) in [4.78, 5) is 15.7. The molecule has 0 bridgehead atoms. The second kappa shape index (κ2) is 6.67. The Morgan fingerprint density at radius 2 is 1.77 bits per heavy atom. The van der Waals surface area contributed by atoms with Gasteiger partial charge in [-0.1, -0.05) is 25.7 Å². The normalized spacial score (nSPS) is 21.6. The molecule has 0 aromatic heterocycles. The van der Waals surface area contributed by atoms with E-state index in [1.807, 2.05) is 17.0 Å². The Morgan fingerprint density at radius 1 is 1.03 bits per heavy atom. The zero-order valence-corrected chi connectivity index (χ0v) is 19.1. The summed E-state index contributed by atoms with van der Waals surface area (Å²) >= 11 is 0. The molecule has 5 rings (SSSR count). The number of methoxy groups -OCH3 is 2. The van der Waals surface area contributed by atoms with Crippen molar-refractivity contribution in [2.24, 2.45) is 0 Å². The lowest BCUT2D eigenvalue weighted by molar-refractivity contribution is 0.0725. The van der Waals surface area contributed by atoms with Gasteiger partial charge in [0, 0.05) is 12.1 Å². The van der Waals surface area contributed by atoms with Crippen molar-refractivity contribution < 1.29 is 23.7 Å². The monoisotopic (exact) mass is 425 g/mol. The number of nitrogens with zero attached hydrogens (tertiary/aromatic N) is 1. The molecule has 2 atom stereocenters. The highest BCUT2D eigenvalue weighted by Crippen LogP contribution is 2.54. The van der Waals surface area contributed by atoms with Crippen LogP contribution in [0.5, 0.6) is 23.0 Å². The molecule has 30 heavy (non-hydrogen) atoms. The number of fused-ring (bicyclic) bond motifs is 5. The standard InChI is InChI=1S/C23H27NO5Si/c1-26-16-7-6-14-19(21(16)27-2)23(25)24-9-8-13-10-17-18(29-12-28-17)11-15(13)22(20(14)24)30(3,4)5/h6-7,10-11,20,22H,8-9,12H2,1-5H3. The van der Waals surface area contributed by atoms with Crippen molar-refractivity contribution in [3.05, 3.63) is 46.5 Å². The molecular weight excluding hydrogens is 398 g/mol. The topological polar surface area (TPSA) is 57.2 Å². The molecule has 3 heterocycles. The maximum Gasteiger partial charge on any atom is 0.258 e. The first-order chi connectivity index (χ1) is 14.3. The lowest BCUT2D eigenvalue weighted by Crippen LogP contribution is -2.41. The van der Waals surface area contributed by atoms with E-state index >= 15 is 0 Å². The van der Waals surface area contributed by atoms with E-state index in [2.05, 4.69) is 31.8 Å². The van der Waals surface area contributed by atoms with Gasteiger partial charge in [-0.15, -0.1) is 0 Å². The van der Waals surface area contributed by atoms with Crippen LogP contribution < -0.4 is 18.9 Å². The Hall–Kier alpha value is -2.67. The predicted molar refractivity (Wildman–Crippen MR) is 116 cm³/mol. The van der Waals surface area contributed by atoms with Gasteiger partial charge in [-0.3, -0.25) is 4.79 Å². The van der Waals surface area contributed by atoms with E-state index in [-0.39, 0.29) is 24.3 Å². The summed E-state index contributed by atoms with van der Waals surface area (Å²) in [5.41, 5.74) is 4.47. The summed E-state index contributed by atoms with van der Waals surface area (Å²) in [6.07, 6.45) is 0.794. The van der Waals surface area contributed by atoms with Gasteiger partial charge in [-0.05, 0) is 41.3 Å². The van der Waals surface area contributed by atoms with Crippen molar-refractivity contribution in [3.8, 4) is 23.0 Å². The maximum absolute atomic E-state index is 13.6. The molecule has 3 aliphatic heterocycles. The number of rotatable bonds is 3. The van der Waals surface area contributed by atoms with Gasteiger partial charge in [0.2, 0.25) is 6.79 Å². The summed E-state index contributed by atoms with van der Waals surface area (Å²) in [6, 6.07) is 8.23. The highest BCUT2D eigenvalue weighted by molar-refractivity contribution is 6.77. The number of amides is 1. The summed E-state index contributed by atoms with van der Waals surface area (Å²) in [5.74, 6) is 2.77. The third-order valence-corrected chi connectivity index (χ3v) is 9.04. The van der Waals surface area contributed by atoms with Gasteiger partial charge in [0.1, 0.15) is 0 Å². The number of carbonyl (C=O) groups is 1. The average molecular weight is 426 g/mol. The highest BCUT2D eigenvalue weighted by Gasteiger charge is 2.50. The molecule has 3 aliphatic rings. The molecule has 6 nitrogen and oxygen atoms in total. The molecule has 0 spiro atoms. The third kappa shape index (κ3) is 2.64. The number of ether oxygens (including phenoxy) is 4. The second-order valence-corrected chi connectivity index (χ2v) is 14.6. The Kier molecular flexibility index (Phi) is 4.29. The Bertz CT molecular complexity index is 1040. The fourth-order valence-electron chi connectivity index (χ4n) is 5.30. The van der Waals surface area contributed by atoms with Crippen molar-refractivity contribution in [1.82, 2.24) is 4.90 Å². The fourth-order valence-corrected chi connectivity index (χ4v) is 7.81. The largest absolute Gasteiger partial charge is 0.493 e. The van der Waals surface area contributed by atoms with Gasteiger partial charge in [0.25, 0.3) is 5.91 Å². The molecule has 7 heteroatoms. The van der Waals surface area contributed by atoms with Gasteiger partial charge in [-0.25, -0.2) is 0 Å². The number of hydrogen-bond donors (Lipinski definition) is 0. The van der Waals surface area contributed by atoms with Crippen LogP contribution in [0.2, 0.25) is 19.6 Å². The van der Waals surface area contributed by atoms with Gasteiger partial charge in [-0.2, -0.15) is 0 Å². The van der Waals surface area contributed by atoms with Crippen LogP contribution in [-0.2, 0) is 6.42 Å². The minimum Gasteiger partial charge on any atom is -0.493 e. The first kappa shape index (κ1) is 19.3. The van der Waals surface area contributed by atoms with Crippen molar-refractivity contribution in [3.63, 3.8) is 0 Å². The molecule has 0 N–H and O–H groups in total. The molecule has 0 saturated heterocycles. The maximum atomic E-state index is 13.6. The molecule has 0 radical (unpaired) electrons. The fraction of sp³-hybridized carbons (Fsp3) is 0.435. The Balaban J connectivity index is 1.74. The minimum atomic E-state index is -1.77. The van der Waals surface area contributed by atoms with Crippen LogP contribution in [-0.4, -0.2) is 46.4 Å². The van der Waals surface area contributed by atoms with Crippen molar-refractivity contribution in [2.45, 2.75) is 37.6 Å². The van der Waals surface area contributed by atoms with E-state index in [1.54, 1.807) is 14.2 Å². The average Bonchev–Trinajstić information content (AvgIpc) is 3.21. The predicted octanol–water partition coefficient (Wildman–Crippen LogP) is 4.15. The van der Waals surface area contributed by atoms with E-state index in [1.165, 1.54) is 11.1 Å². The summed E-state index contributed by atoms with van der Waals surface area (Å²) < 4.78 is 22.5. The van der Waals surface area contributed by atoms with E-state index < -0.39 is 8.07 Å². The lowest BCUT2D eigenvalue weighted by Gasteiger charge is -2.38. The van der Waals surface area contributed by atoms with E-state index in [0.29, 0.717) is 23.6 Å².